The molecule has 1 N–H and O–H groups in total. The molecule has 1 aromatic rings. The molecule has 1 aromatic heterocycles. The van der Waals surface area contributed by atoms with E-state index in [1.165, 1.54) is 12.0 Å². The van der Waals surface area contributed by atoms with Crippen LogP contribution in [0.1, 0.15) is 31.4 Å². The van der Waals surface area contributed by atoms with Gasteiger partial charge < -0.3 is 10.1 Å². The molecule has 0 bridgehead atoms. The Balaban J connectivity index is 1.95. The van der Waals surface area contributed by atoms with Gasteiger partial charge in [0.1, 0.15) is 0 Å². The van der Waals surface area contributed by atoms with Crippen LogP contribution in [0.15, 0.2) is 12.4 Å². The van der Waals surface area contributed by atoms with E-state index in [1.54, 1.807) is 0 Å². The number of ether oxygens (including phenoxy) is 1. The fraction of sp³-hybridized carbons (Fsp3) is 0.750. The molecule has 90 valence electrons. The monoisotopic (exact) mass is 223 g/mol. The van der Waals surface area contributed by atoms with E-state index >= 15 is 0 Å². The zero-order valence-electron chi connectivity index (χ0n) is 10.1. The first-order chi connectivity index (χ1) is 7.83. The van der Waals surface area contributed by atoms with Crippen molar-refractivity contribution in [3.63, 3.8) is 0 Å². The molecule has 0 aliphatic carbocycles. The van der Waals surface area contributed by atoms with Gasteiger partial charge in [-0.05, 0) is 19.9 Å². The van der Waals surface area contributed by atoms with Crippen LogP contribution >= 0.6 is 0 Å². The zero-order chi connectivity index (χ0) is 11.4. The Kier molecular flexibility index (Phi) is 3.96. The normalized spacial score (nSPS) is 22.5. The summed E-state index contributed by atoms with van der Waals surface area (Å²) in [4.78, 5) is 0. The largest absolute Gasteiger partial charge is 0.381 e. The summed E-state index contributed by atoms with van der Waals surface area (Å²) in [7, 11) is 2.00. The molecule has 1 fully saturated rings. The third kappa shape index (κ3) is 2.62. The molecule has 1 saturated heterocycles. The van der Waals surface area contributed by atoms with Crippen LogP contribution in [0.4, 0.5) is 0 Å². The Hall–Kier alpha value is -0.870. The van der Waals surface area contributed by atoms with Gasteiger partial charge in [-0.25, -0.2) is 0 Å². The molecule has 2 atom stereocenters. The highest BCUT2D eigenvalue weighted by molar-refractivity contribution is 5.09. The smallest absolute Gasteiger partial charge is 0.0537 e. The molecule has 0 amide bonds. The molecule has 0 aromatic carbocycles. The summed E-state index contributed by atoms with van der Waals surface area (Å²) < 4.78 is 7.42. The topological polar surface area (TPSA) is 39.1 Å². The van der Waals surface area contributed by atoms with Crippen LogP contribution in [0.5, 0.6) is 0 Å². The van der Waals surface area contributed by atoms with Crippen molar-refractivity contribution >= 4 is 0 Å². The van der Waals surface area contributed by atoms with E-state index in [1.807, 2.05) is 13.2 Å². The molecule has 2 heterocycles. The van der Waals surface area contributed by atoms with E-state index < -0.39 is 0 Å². The summed E-state index contributed by atoms with van der Waals surface area (Å²) in [5.41, 5.74) is 1.28. The van der Waals surface area contributed by atoms with E-state index in [4.69, 9.17) is 4.74 Å². The molecule has 0 spiro atoms. The lowest BCUT2D eigenvalue weighted by Crippen LogP contribution is -2.15. The molecule has 16 heavy (non-hydrogen) atoms. The highest BCUT2D eigenvalue weighted by Gasteiger charge is 2.17. The van der Waals surface area contributed by atoms with Gasteiger partial charge in [-0.15, -0.1) is 0 Å². The Morgan fingerprint density at radius 2 is 2.56 bits per heavy atom. The lowest BCUT2D eigenvalue weighted by Gasteiger charge is -2.11. The van der Waals surface area contributed by atoms with E-state index in [-0.39, 0.29) is 0 Å². The second-order valence-electron chi connectivity index (χ2n) is 4.47. The number of rotatable bonds is 5. The summed E-state index contributed by atoms with van der Waals surface area (Å²) in [5.74, 6) is 0.641. The Morgan fingerprint density at radius 3 is 3.19 bits per heavy atom. The van der Waals surface area contributed by atoms with Crippen LogP contribution in [0.2, 0.25) is 0 Å². The highest BCUT2D eigenvalue weighted by Crippen LogP contribution is 2.18. The summed E-state index contributed by atoms with van der Waals surface area (Å²) in [5, 5.41) is 7.71. The van der Waals surface area contributed by atoms with Gasteiger partial charge in [-0.2, -0.15) is 5.10 Å². The number of nitrogens with one attached hydrogen (secondary N) is 1. The van der Waals surface area contributed by atoms with Crippen molar-refractivity contribution in [1.29, 1.82) is 0 Å². The number of hydrogen-bond acceptors (Lipinski definition) is 3. The van der Waals surface area contributed by atoms with Gasteiger partial charge in [0.15, 0.2) is 0 Å². The SMILES string of the molecule is CCC(NC)c1cnn(CC2CCOC2)c1. The third-order valence-electron chi connectivity index (χ3n) is 3.28. The van der Waals surface area contributed by atoms with Gasteiger partial charge in [-0.1, -0.05) is 6.92 Å². The number of hydrogen-bond donors (Lipinski definition) is 1. The van der Waals surface area contributed by atoms with Crippen LogP contribution in [0.3, 0.4) is 0 Å². The van der Waals surface area contributed by atoms with Crippen LogP contribution in [0, 0.1) is 5.92 Å². The Bertz CT molecular complexity index is 314. The third-order valence-corrected chi connectivity index (χ3v) is 3.28. The summed E-state index contributed by atoms with van der Waals surface area (Å²) in [6, 6.07) is 0.425. The first-order valence-electron chi connectivity index (χ1n) is 6.10. The minimum atomic E-state index is 0.425. The molecule has 4 heteroatoms. The van der Waals surface area contributed by atoms with Crippen LogP contribution < -0.4 is 5.32 Å². The fourth-order valence-electron chi connectivity index (χ4n) is 2.26. The van der Waals surface area contributed by atoms with Crippen LogP contribution in [-0.4, -0.2) is 30.0 Å². The summed E-state index contributed by atoms with van der Waals surface area (Å²) >= 11 is 0. The molecule has 4 nitrogen and oxygen atoms in total. The van der Waals surface area contributed by atoms with E-state index in [2.05, 4.69) is 28.2 Å². The molecule has 1 aliphatic rings. The van der Waals surface area contributed by atoms with E-state index in [0.717, 1.165) is 26.2 Å². The lowest BCUT2D eigenvalue weighted by atomic mass is 10.1. The van der Waals surface area contributed by atoms with Crippen molar-refractivity contribution in [3.8, 4) is 0 Å². The van der Waals surface area contributed by atoms with Gasteiger partial charge in [0.05, 0.1) is 12.8 Å². The Labute approximate surface area is 97.0 Å². The maximum absolute atomic E-state index is 5.37. The average Bonchev–Trinajstić information content (AvgIpc) is 2.93. The summed E-state index contributed by atoms with van der Waals surface area (Å²) in [6.45, 7) is 4.97. The molecular weight excluding hydrogens is 202 g/mol. The van der Waals surface area contributed by atoms with Gasteiger partial charge in [0.2, 0.25) is 0 Å². The van der Waals surface area contributed by atoms with Crippen molar-refractivity contribution < 1.29 is 4.74 Å². The van der Waals surface area contributed by atoms with Crippen molar-refractivity contribution in [1.82, 2.24) is 15.1 Å². The Morgan fingerprint density at radius 1 is 1.69 bits per heavy atom. The maximum atomic E-state index is 5.37. The highest BCUT2D eigenvalue weighted by atomic mass is 16.5. The second kappa shape index (κ2) is 5.46. The van der Waals surface area contributed by atoms with Gasteiger partial charge in [0.25, 0.3) is 0 Å². The lowest BCUT2D eigenvalue weighted by molar-refractivity contribution is 0.181. The van der Waals surface area contributed by atoms with Gasteiger partial charge in [0, 0.05) is 36.9 Å². The van der Waals surface area contributed by atoms with Gasteiger partial charge >= 0.3 is 0 Å². The molecule has 2 unspecified atom stereocenters. The number of nitrogens with zero attached hydrogens (tertiary/aromatic N) is 2. The molecule has 0 saturated carbocycles. The van der Waals surface area contributed by atoms with E-state index in [0.29, 0.717) is 12.0 Å². The van der Waals surface area contributed by atoms with Crippen molar-refractivity contribution in [3.05, 3.63) is 18.0 Å². The second-order valence-corrected chi connectivity index (χ2v) is 4.47. The molecular formula is C12H21N3O. The quantitative estimate of drug-likeness (QED) is 0.824. The fourth-order valence-corrected chi connectivity index (χ4v) is 2.26. The molecule has 1 aliphatic heterocycles. The zero-order valence-corrected chi connectivity index (χ0v) is 10.1. The van der Waals surface area contributed by atoms with Crippen LogP contribution in [0.25, 0.3) is 0 Å². The predicted molar refractivity (Wildman–Crippen MR) is 63.2 cm³/mol. The van der Waals surface area contributed by atoms with E-state index in [9.17, 15) is 0 Å². The standard InChI is InChI=1S/C12H21N3O/c1-3-12(13-2)11-6-14-15(8-11)7-10-4-5-16-9-10/h6,8,10,12-13H,3-5,7,9H2,1-2H3. The first-order valence-corrected chi connectivity index (χ1v) is 6.10. The average molecular weight is 223 g/mol. The van der Waals surface area contributed by atoms with Crippen molar-refractivity contribution in [2.45, 2.75) is 32.4 Å². The van der Waals surface area contributed by atoms with Gasteiger partial charge in [-0.3, -0.25) is 4.68 Å². The molecule has 2 rings (SSSR count). The minimum absolute atomic E-state index is 0.425. The van der Waals surface area contributed by atoms with Crippen molar-refractivity contribution in [2.75, 3.05) is 20.3 Å². The maximum Gasteiger partial charge on any atom is 0.0537 e. The molecule has 0 radical (unpaired) electrons. The minimum Gasteiger partial charge on any atom is -0.381 e. The predicted octanol–water partition coefficient (Wildman–Crippen LogP) is 1.59. The van der Waals surface area contributed by atoms with Crippen molar-refractivity contribution in [2.24, 2.45) is 5.92 Å². The number of aromatic nitrogens is 2. The first kappa shape index (κ1) is 11.6. The summed E-state index contributed by atoms with van der Waals surface area (Å²) in [6.07, 6.45) is 6.39. The van der Waals surface area contributed by atoms with Crippen LogP contribution in [-0.2, 0) is 11.3 Å².